The summed E-state index contributed by atoms with van der Waals surface area (Å²) in [6.07, 6.45) is 0. The van der Waals surface area contributed by atoms with Crippen LogP contribution in [0.1, 0.15) is 16.6 Å². The lowest BCUT2D eigenvalue weighted by Crippen LogP contribution is -2.19. The van der Waals surface area contributed by atoms with E-state index in [2.05, 4.69) is 4.98 Å². The fourth-order valence-corrected chi connectivity index (χ4v) is 2.53. The van der Waals surface area contributed by atoms with Gasteiger partial charge in [0.05, 0.1) is 6.07 Å². The lowest BCUT2D eigenvalue weighted by Gasteiger charge is -2.07. The number of carbonyl (C=O) groups excluding carboxylic acids is 1. The summed E-state index contributed by atoms with van der Waals surface area (Å²) in [6.45, 7) is 1.65. The molecule has 0 radical (unpaired) electrons. The molecule has 0 fully saturated rings. The van der Waals surface area contributed by atoms with Crippen molar-refractivity contribution >= 4 is 28.7 Å². The van der Waals surface area contributed by atoms with Gasteiger partial charge in [-0.25, -0.2) is 4.98 Å². The Morgan fingerprint density at radius 2 is 2.20 bits per heavy atom. The lowest BCUT2D eigenvalue weighted by atomic mass is 10.1. The number of thiazole rings is 1. The van der Waals surface area contributed by atoms with Gasteiger partial charge in [0, 0.05) is 16.1 Å². The number of carbonyl (C=O) groups is 1. The average Bonchev–Trinajstić information content (AvgIpc) is 2.85. The number of nitrogens with zero attached hydrogens (tertiary/aromatic N) is 2. The fourth-order valence-electron chi connectivity index (χ4n) is 1.54. The summed E-state index contributed by atoms with van der Waals surface area (Å²) in [5.74, 6) is -0.646. The van der Waals surface area contributed by atoms with E-state index in [1.165, 1.54) is 11.3 Å². The quantitative estimate of drug-likeness (QED) is 0.849. The maximum Gasteiger partial charge on any atom is 0.194 e. The lowest BCUT2D eigenvalue weighted by molar-refractivity contribution is -0.121. The Morgan fingerprint density at radius 1 is 1.50 bits per heavy atom. The molecule has 0 amide bonds. The first-order chi connectivity index (χ1) is 9.60. The zero-order valence-corrected chi connectivity index (χ0v) is 12.2. The van der Waals surface area contributed by atoms with E-state index < -0.39 is 5.92 Å². The molecule has 6 heteroatoms. The van der Waals surface area contributed by atoms with Crippen LogP contribution < -0.4 is 4.74 Å². The van der Waals surface area contributed by atoms with Crippen LogP contribution in [-0.4, -0.2) is 17.4 Å². The average molecular weight is 307 g/mol. The second-order valence-corrected chi connectivity index (χ2v) is 5.42. The van der Waals surface area contributed by atoms with Gasteiger partial charge in [-0.05, 0) is 31.2 Å². The van der Waals surface area contributed by atoms with Crippen molar-refractivity contribution in [3.63, 3.8) is 0 Å². The summed E-state index contributed by atoms with van der Waals surface area (Å²) in [5.41, 5.74) is 0.802. The van der Waals surface area contributed by atoms with E-state index in [1.54, 1.807) is 24.3 Å². The summed E-state index contributed by atoms with van der Waals surface area (Å²) in [4.78, 5) is 16.2. The molecule has 102 valence electrons. The zero-order chi connectivity index (χ0) is 14.5. The fraction of sp³-hybridized carbons (Fsp3) is 0.214. The number of rotatable bonds is 5. The highest BCUT2D eigenvalue weighted by Gasteiger charge is 2.23. The minimum absolute atomic E-state index is 0.168. The second kappa shape index (κ2) is 6.51. The molecule has 20 heavy (non-hydrogen) atoms. The van der Waals surface area contributed by atoms with Crippen LogP contribution in [-0.2, 0) is 4.79 Å². The molecule has 0 aliphatic heterocycles. The highest BCUT2D eigenvalue weighted by atomic mass is 35.5. The van der Waals surface area contributed by atoms with Crippen molar-refractivity contribution in [1.82, 2.24) is 4.98 Å². The van der Waals surface area contributed by atoms with E-state index >= 15 is 0 Å². The van der Waals surface area contributed by atoms with Crippen molar-refractivity contribution in [2.75, 3.05) is 6.61 Å². The molecule has 1 heterocycles. The predicted octanol–water partition coefficient (Wildman–Crippen LogP) is 3.36. The smallest absolute Gasteiger partial charge is 0.194 e. The Labute approximate surface area is 125 Å². The van der Waals surface area contributed by atoms with Crippen molar-refractivity contribution < 1.29 is 9.53 Å². The molecular formula is C14H11ClN2O2S. The molecule has 2 rings (SSSR count). The summed E-state index contributed by atoms with van der Waals surface area (Å²) in [5, 5.41) is 12.0. The molecule has 1 aromatic heterocycles. The van der Waals surface area contributed by atoms with Crippen molar-refractivity contribution in [3.8, 4) is 11.8 Å². The minimum Gasteiger partial charge on any atom is -0.486 e. The van der Waals surface area contributed by atoms with Crippen LogP contribution in [0.25, 0.3) is 0 Å². The third-order valence-corrected chi connectivity index (χ3v) is 3.81. The number of aryl methyl sites for hydroxylation is 1. The SMILES string of the molecule is Cc1csc(C(C#N)C(=O)COc2ccc(Cl)cc2)n1. The number of halogens is 1. The van der Waals surface area contributed by atoms with Gasteiger partial charge in [0.1, 0.15) is 17.4 Å². The van der Waals surface area contributed by atoms with E-state index in [0.29, 0.717) is 15.8 Å². The topological polar surface area (TPSA) is 63.0 Å². The van der Waals surface area contributed by atoms with E-state index in [4.69, 9.17) is 21.6 Å². The molecule has 1 atom stereocenters. The standard InChI is InChI=1S/C14H11ClN2O2S/c1-9-8-20-14(17-9)12(6-16)13(18)7-19-11-4-2-10(15)3-5-11/h2-5,8,12H,7H2,1H3. The Bertz CT molecular complexity index is 646. The summed E-state index contributed by atoms with van der Waals surface area (Å²) in [7, 11) is 0. The molecule has 4 nitrogen and oxygen atoms in total. The molecule has 1 aromatic carbocycles. The monoisotopic (exact) mass is 306 g/mol. The first kappa shape index (κ1) is 14.5. The maximum absolute atomic E-state index is 12.0. The molecule has 2 aromatic rings. The van der Waals surface area contributed by atoms with Crippen molar-refractivity contribution in [2.45, 2.75) is 12.8 Å². The third kappa shape index (κ3) is 3.56. The van der Waals surface area contributed by atoms with Gasteiger partial charge in [0.15, 0.2) is 11.7 Å². The Kier molecular flexibility index (Phi) is 4.72. The van der Waals surface area contributed by atoms with E-state index in [1.807, 2.05) is 18.4 Å². The van der Waals surface area contributed by atoms with Gasteiger partial charge in [-0.1, -0.05) is 11.6 Å². The summed E-state index contributed by atoms with van der Waals surface area (Å²) in [6, 6.07) is 8.66. The van der Waals surface area contributed by atoms with Gasteiger partial charge in [0.25, 0.3) is 0 Å². The van der Waals surface area contributed by atoms with Crippen LogP contribution in [0.3, 0.4) is 0 Å². The maximum atomic E-state index is 12.0. The normalized spacial score (nSPS) is 11.7. The molecule has 0 aliphatic carbocycles. The zero-order valence-electron chi connectivity index (χ0n) is 10.7. The highest BCUT2D eigenvalue weighted by molar-refractivity contribution is 7.09. The Hall–Kier alpha value is -1.90. The first-order valence-corrected chi connectivity index (χ1v) is 7.08. The van der Waals surface area contributed by atoms with Crippen LogP contribution >= 0.6 is 22.9 Å². The molecule has 0 N–H and O–H groups in total. The van der Waals surface area contributed by atoms with E-state index in [9.17, 15) is 4.79 Å². The van der Waals surface area contributed by atoms with Crippen LogP contribution in [0.2, 0.25) is 5.02 Å². The van der Waals surface area contributed by atoms with Crippen LogP contribution in [0.15, 0.2) is 29.6 Å². The van der Waals surface area contributed by atoms with Crippen molar-refractivity contribution in [1.29, 1.82) is 5.26 Å². The summed E-state index contributed by atoms with van der Waals surface area (Å²) >= 11 is 7.06. The third-order valence-electron chi connectivity index (χ3n) is 2.53. The molecule has 0 bridgehead atoms. The molecular weight excluding hydrogens is 296 g/mol. The number of nitriles is 1. The van der Waals surface area contributed by atoms with E-state index in [0.717, 1.165) is 5.69 Å². The molecule has 0 saturated heterocycles. The number of aromatic nitrogens is 1. The first-order valence-electron chi connectivity index (χ1n) is 5.83. The van der Waals surface area contributed by atoms with Crippen LogP contribution in [0, 0.1) is 18.3 Å². The van der Waals surface area contributed by atoms with Crippen LogP contribution in [0.5, 0.6) is 5.75 Å². The van der Waals surface area contributed by atoms with Gasteiger partial charge in [-0.3, -0.25) is 4.79 Å². The minimum atomic E-state index is -0.874. The molecule has 0 spiro atoms. The molecule has 0 saturated carbocycles. The molecule has 1 unspecified atom stereocenters. The Balaban J connectivity index is 2.00. The van der Waals surface area contributed by atoms with E-state index in [-0.39, 0.29) is 12.4 Å². The van der Waals surface area contributed by atoms with Gasteiger partial charge in [-0.2, -0.15) is 5.26 Å². The second-order valence-electron chi connectivity index (χ2n) is 4.10. The van der Waals surface area contributed by atoms with Crippen molar-refractivity contribution in [2.24, 2.45) is 0 Å². The number of hydrogen-bond acceptors (Lipinski definition) is 5. The van der Waals surface area contributed by atoms with Gasteiger partial charge >= 0.3 is 0 Å². The number of ketones is 1. The highest BCUT2D eigenvalue weighted by Crippen LogP contribution is 2.21. The Morgan fingerprint density at radius 3 is 2.75 bits per heavy atom. The molecule has 0 aliphatic rings. The van der Waals surface area contributed by atoms with Crippen molar-refractivity contribution in [3.05, 3.63) is 45.4 Å². The summed E-state index contributed by atoms with van der Waals surface area (Å²) < 4.78 is 5.35. The number of ether oxygens (including phenoxy) is 1. The number of Topliss-reactive ketones (excluding diaryl/α,β-unsaturated/α-hetero) is 1. The number of benzene rings is 1. The number of hydrogen-bond donors (Lipinski definition) is 0. The van der Waals surface area contributed by atoms with Gasteiger partial charge in [-0.15, -0.1) is 11.3 Å². The van der Waals surface area contributed by atoms with Gasteiger partial charge < -0.3 is 4.74 Å². The largest absolute Gasteiger partial charge is 0.486 e. The van der Waals surface area contributed by atoms with Gasteiger partial charge in [0.2, 0.25) is 0 Å². The predicted molar refractivity (Wildman–Crippen MR) is 77.2 cm³/mol. The van der Waals surface area contributed by atoms with Crippen LogP contribution in [0.4, 0.5) is 0 Å².